The van der Waals surface area contributed by atoms with Crippen molar-refractivity contribution >= 4 is 18.2 Å². The van der Waals surface area contributed by atoms with Crippen LogP contribution in [0.5, 0.6) is 0 Å². The van der Waals surface area contributed by atoms with Crippen LogP contribution in [0.1, 0.15) is 66.7 Å². The van der Waals surface area contributed by atoms with Crippen molar-refractivity contribution in [2.45, 2.75) is 57.7 Å². The molecule has 0 saturated carbocycles. The van der Waals surface area contributed by atoms with E-state index in [0.717, 1.165) is 22.3 Å². The second kappa shape index (κ2) is 11.3. The molecule has 0 unspecified atom stereocenters. The Morgan fingerprint density at radius 2 is 1.59 bits per heavy atom. The number of benzene rings is 2. The van der Waals surface area contributed by atoms with Gasteiger partial charge in [0.1, 0.15) is 17.8 Å². The molecule has 5 rings (SSSR count). The lowest BCUT2D eigenvalue weighted by atomic mass is 9.98. The average molecular weight is 561 g/mol. The minimum absolute atomic E-state index is 0.0198. The number of carbonyl (C=O) groups excluding carboxylic acids is 2. The van der Waals surface area contributed by atoms with Crippen LogP contribution < -0.4 is 0 Å². The molecule has 2 amide bonds. The molecule has 216 valence electrons. The summed E-state index contributed by atoms with van der Waals surface area (Å²) in [4.78, 5) is 41.5. The first-order valence-corrected chi connectivity index (χ1v) is 13.9. The van der Waals surface area contributed by atoms with Gasteiger partial charge in [0, 0.05) is 32.1 Å². The van der Waals surface area contributed by atoms with Gasteiger partial charge in [0.05, 0.1) is 18.4 Å². The van der Waals surface area contributed by atoms with Crippen molar-refractivity contribution in [3.05, 3.63) is 77.1 Å². The van der Waals surface area contributed by atoms with Gasteiger partial charge in [0.25, 0.3) is 0 Å². The zero-order valence-corrected chi connectivity index (χ0v) is 23.9. The fraction of sp³-hybridized carbons (Fsp3) is 0.419. The molecule has 1 fully saturated rings. The molecule has 1 saturated heterocycles. The molecule has 2 aromatic carbocycles. The Labute approximate surface area is 239 Å². The van der Waals surface area contributed by atoms with E-state index >= 15 is 0 Å². The van der Waals surface area contributed by atoms with E-state index in [1.54, 1.807) is 16.8 Å². The number of amides is 2. The van der Waals surface area contributed by atoms with Gasteiger partial charge in [-0.25, -0.2) is 14.4 Å². The molecule has 1 aromatic heterocycles. The Morgan fingerprint density at radius 3 is 2.15 bits per heavy atom. The Kier molecular flexibility index (Phi) is 7.75. The number of fused-ring (bicyclic) bond motifs is 3. The maximum absolute atomic E-state index is 13.8. The van der Waals surface area contributed by atoms with Gasteiger partial charge in [-0.3, -0.25) is 9.58 Å². The van der Waals surface area contributed by atoms with Gasteiger partial charge in [-0.15, -0.1) is 0 Å². The van der Waals surface area contributed by atoms with Gasteiger partial charge < -0.3 is 19.5 Å². The van der Waals surface area contributed by atoms with Crippen molar-refractivity contribution in [1.82, 2.24) is 19.6 Å². The molecule has 1 aliphatic carbocycles. The highest BCUT2D eigenvalue weighted by Gasteiger charge is 2.35. The van der Waals surface area contributed by atoms with E-state index in [1.807, 2.05) is 45.0 Å². The molecular weight excluding hydrogens is 524 g/mol. The van der Waals surface area contributed by atoms with Crippen LogP contribution in [0.4, 0.5) is 9.59 Å². The summed E-state index contributed by atoms with van der Waals surface area (Å²) in [5, 5.41) is 13.8. The number of aromatic nitrogens is 2. The van der Waals surface area contributed by atoms with Crippen LogP contribution in [-0.2, 0) is 23.1 Å². The number of piperidine rings is 1. The smallest absolute Gasteiger partial charge is 0.410 e. The maximum atomic E-state index is 13.8. The number of likely N-dealkylation sites (tertiary alicyclic amines) is 1. The van der Waals surface area contributed by atoms with Gasteiger partial charge in [0.2, 0.25) is 0 Å². The molecule has 0 bridgehead atoms. The zero-order chi connectivity index (χ0) is 29.3. The number of hydrogen-bond donors (Lipinski definition) is 1. The van der Waals surface area contributed by atoms with Crippen LogP contribution in [0.2, 0.25) is 0 Å². The van der Waals surface area contributed by atoms with Crippen LogP contribution in [-0.4, -0.2) is 74.2 Å². The number of hydrogen-bond acceptors (Lipinski definition) is 6. The van der Waals surface area contributed by atoms with Crippen molar-refractivity contribution in [1.29, 1.82) is 0 Å². The first-order chi connectivity index (χ1) is 19.5. The highest BCUT2D eigenvalue weighted by molar-refractivity contribution is 5.88. The number of carbonyl (C=O) groups is 3. The zero-order valence-electron chi connectivity index (χ0n) is 23.9. The molecule has 0 atom stereocenters. The molecule has 41 heavy (non-hydrogen) atoms. The van der Waals surface area contributed by atoms with Crippen molar-refractivity contribution < 1.29 is 29.0 Å². The van der Waals surface area contributed by atoms with E-state index < -0.39 is 17.7 Å². The summed E-state index contributed by atoms with van der Waals surface area (Å²) >= 11 is 0. The number of ether oxygens (including phenoxy) is 2. The highest BCUT2D eigenvalue weighted by atomic mass is 16.6. The van der Waals surface area contributed by atoms with E-state index in [0.29, 0.717) is 31.6 Å². The minimum atomic E-state index is -1.11. The quantitative estimate of drug-likeness (QED) is 0.437. The number of carboxylic acids is 1. The van der Waals surface area contributed by atoms with E-state index in [1.165, 1.54) is 10.9 Å². The molecular formula is C31H36N4O6. The highest BCUT2D eigenvalue weighted by Crippen LogP contribution is 2.44. The van der Waals surface area contributed by atoms with E-state index in [2.05, 4.69) is 29.4 Å². The van der Waals surface area contributed by atoms with Crippen LogP contribution in [0, 0.1) is 0 Å². The van der Waals surface area contributed by atoms with Crippen molar-refractivity contribution in [3.63, 3.8) is 0 Å². The van der Waals surface area contributed by atoms with Crippen LogP contribution in [0.15, 0.2) is 54.7 Å². The molecule has 10 heteroatoms. The summed E-state index contributed by atoms with van der Waals surface area (Å²) in [6.07, 6.45) is 1.38. The Morgan fingerprint density at radius 1 is 1.00 bits per heavy atom. The summed E-state index contributed by atoms with van der Waals surface area (Å²) in [5.41, 5.74) is 4.33. The summed E-state index contributed by atoms with van der Waals surface area (Å²) in [6.45, 7) is 6.45. The summed E-state index contributed by atoms with van der Waals surface area (Å²) in [7, 11) is 1.66. The van der Waals surface area contributed by atoms with E-state index in [4.69, 9.17) is 9.47 Å². The average Bonchev–Trinajstić information content (AvgIpc) is 3.47. The first-order valence-electron chi connectivity index (χ1n) is 13.9. The third-order valence-electron chi connectivity index (χ3n) is 7.74. The molecule has 0 spiro atoms. The second-order valence-electron chi connectivity index (χ2n) is 11.6. The predicted octanol–water partition coefficient (Wildman–Crippen LogP) is 5.27. The number of aryl methyl sites for hydroxylation is 1. The summed E-state index contributed by atoms with van der Waals surface area (Å²) in [6, 6.07) is 16.0. The normalized spacial score (nSPS) is 15.3. The first kappa shape index (κ1) is 28.2. The topological polar surface area (TPSA) is 114 Å². The van der Waals surface area contributed by atoms with Gasteiger partial charge >= 0.3 is 18.2 Å². The van der Waals surface area contributed by atoms with Crippen molar-refractivity contribution in [2.24, 2.45) is 7.05 Å². The lowest BCUT2D eigenvalue weighted by molar-refractivity contribution is 0.0127. The monoisotopic (exact) mass is 560 g/mol. The van der Waals surface area contributed by atoms with Crippen LogP contribution in [0.3, 0.4) is 0 Å². The summed E-state index contributed by atoms with van der Waals surface area (Å²) in [5.74, 6) is -1.21. The van der Waals surface area contributed by atoms with Crippen LogP contribution >= 0.6 is 0 Å². The molecule has 1 N–H and O–H groups in total. The third-order valence-corrected chi connectivity index (χ3v) is 7.74. The molecule has 3 aromatic rings. The predicted molar refractivity (Wildman–Crippen MR) is 152 cm³/mol. The second-order valence-corrected chi connectivity index (χ2v) is 11.6. The number of carboxylic acid groups (broad SMARTS) is 1. The SMILES string of the molecule is Cn1ncc(C(=O)O)c1CN(C(=O)OCC1c2ccccc2-c2ccccc21)C1CCN(C(=O)OC(C)(C)C)CC1. The fourth-order valence-electron chi connectivity index (χ4n) is 5.70. The third kappa shape index (κ3) is 5.91. The summed E-state index contributed by atoms with van der Waals surface area (Å²) < 4.78 is 13.0. The van der Waals surface area contributed by atoms with Gasteiger partial charge in [0.15, 0.2) is 0 Å². The van der Waals surface area contributed by atoms with E-state index in [-0.39, 0.29) is 36.8 Å². The molecule has 2 aliphatic rings. The van der Waals surface area contributed by atoms with E-state index in [9.17, 15) is 19.5 Å². The molecule has 10 nitrogen and oxygen atoms in total. The Balaban J connectivity index is 1.35. The molecule has 2 heterocycles. The van der Waals surface area contributed by atoms with Crippen molar-refractivity contribution in [2.75, 3.05) is 19.7 Å². The van der Waals surface area contributed by atoms with Crippen LogP contribution in [0.25, 0.3) is 11.1 Å². The Bertz CT molecular complexity index is 1410. The molecule has 0 radical (unpaired) electrons. The van der Waals surface area contributed by atoms with Gasteiger partial charge in [-0.05, 0) is 55.9 Å². The van der Waals surface area contributed by atoms with Gasteiger partial charge in [-0.1, -0.05) is 48.5 Å². The van der Waals surface area contributed by atoms with Crippen molar-refractivity contribution in [3.8, 4) is 11.1 Å². The lowest BCUT2D eigenvalue weighted by Crippen LogP contribution is -2.49. The minimum Gasteiger partial charge on any atom is -0.478 e. The largest absolute Gasteiger partial charge is 0.478 e. The molecule has 1 aliphatic heterocycles. The Hall–Kier alpha value is -4.34. The maximum Gasteiger partial charge on any atom is 0.410 e. The number of nitrogens with zero attached hydrogens (tertiary/aromatic N) is 4. The van der Waals surface area contributed by atoms with Gasteiger partial charge in [-0.2, -0.15) is 5.10 Å². The number of rotatable bonds is 6. The number of aromatic carboxylic acids is 1. The fourth-order valence-corrected chi connectivity index (χ4v) is 5.70. The standard InChI is InChI=1S/C31H36N4O6/c1-31(2,3)41-29(38)34-15-13-20(14-16-34)35(18-27-25(28(36)37)17-32-33(27)4)30(39)40-19-26-23-11-7-5-9-21(23)22-10-6-8-12-24(22)26/h5-12,17,20,26H,13-16,18-19H2,1-4H3,(H,36,37). The lowest BCUT2D eigenvalue weighted by Gasteiger charge is -2.38.